The van der Waals surface area contributed by atoms with Gasteiger partial charge >= 0.3 is 0 Å². The molecule has 0 radical (unpaired) electrons. The zero-order valence-corrected chi connectivity index (χ0v) is 16.5. The molecule has 3 aromatic rings. The Kier molecular flexibility index (Phi) is 5.54. The van der Waals surface area contributed by atoms with Crippen LogP contribution < -0.4 is 10.1 Å². The standard InChI is InChI=1S/C16H15Br2N5O2/c1-22-15(13(18)8-20-22)9-19-16(24)14-6-7-23(21-14)10-25-12-4-2-11(17)3-5-12/h2-8H,9-10H2,1H3,(H,19,24). The zero-order chi connectivity index (χ0) is 17.8. The lowest BCUT2D eigenvalue weighted by molar-refractivity contribution is 0.0943. The first-order valence-electron chi connectivity index (χ1n) is 7.39. The molecule has 2 heterocycles. The largest absolute Gasteiger partial charge is 0.471 e. The number of hydrogen-bond donors (Lipinski definition) is 1. The van der Waals surface area contributed by atoms with Gasteiger partial charge in [0, 0.05) is 17.7 Å². The van der Waals surface area contributed by atoms with Crippen molar-refractivity contribution in [2.45, 2.75) is 13.3 Å². The average molecular weight is 469 g/mol. The normalized spacial score (nSPS) is 10.7. The van der Waals surface area contributed by atoms with Crippen molar-refractivity contribution in [2.24, 2.45) is 7.05 Å². The number of carbonyl (C=O) groups is 1. The van der Waals surface area contributed by atoms with Gasteiger partial charge in [-0.1, -0.05) is 15.9 Å². The Bertz CT molecular complexity index is 854. The highest BCUT2D eigenvalue weighted by molar-refractivity contribution is 9.10. The van der Waals surface area contributed by atoms with Crippen LogP contribution in [-0.4, -0.2) is 25.5 Å². The summed E-state index contributed by atoms with van der Waals surface area (Å²) in [6.07, 6.45) is 3.39. The average Bonchev–Trinajstić information content (AvgIpc) is 3.20. The van der Waals surface area contributed by atoms with Gasteiger partial charge in [-0.05, 0) is 46.3 Å². The number of nitrogens with one attached hydrogen (secondary N) is 1. The summed E-state index contributed by atoms with van der Waals surface area (Å²) >= 11 is 6.77. The summed E-state index contributed by atoms with van der Waals surface area (Å²) in [6, 6.07) is 9.15. The summed E-state index contributed by atoms with van der Waals surface area (Å²) in [6.45, 7) is 0.584. The van der Waals surface area contributed by atoms with E-state index in [-0.39, 0.29) is 12.6 Å². The van der Waals surface area contributed by atoms with E-state index in [0.717, 1.165) is 20.4 Å². The van der Waals surface area contributed by atoms with Gasteiger partial charge in [0.2, 0.25) is 0 Å². The molecule has 0 aliphatic heterocycles. The van der Waals surface area contributed by atoms with Crippen molar-refractivity contribution >= 4 is 37.8 Å². The minimum atomic E-state index is -0.254. The number of aryl methyl sites for hydroxylation is 1. The maximum Gasteiger partial charge on any atom is 0.272 e. The van der Waals surface area contributed by atoms with Gasteiger partial charge in [-0.25, -0.2) is 4.68 Å². The van der Waals surface area contributed by atoms with E-state index in [1.807, 2.05) is 31.3 Å². The zero-order valence-electron chi connectivity index (χ0n) is 13.3. The third kappa shape index (κ3) is 4.49. The minimum absolute atomic E-state index is 0.224. The lowest BCUT2D eigenvalue weighted by Crippen LogP contribution is -2.25. The molecule has 0 fully saturated rings. The number of amides is 1. The highest BCUT2D eigenvalue weighted by atomic mass is 79.9. The van der Waals surface area contributed by atoms with Crippen LogP contribution in [0.4, 0.5) is 0 Å². The fraction of sp³-hybridized carbons (Fsp3) is 0.188. The van der Waals surface area contributed by atoms with Gasteiger partial charge in [0.1, 0.15) is 11.4 Å². The van der Waals surface area contributed by atoms with Gasteiger partial charge < -0.3 is 10.1 Å². The summed E-state index contributed by atoms with van der Waals surface area (Å²) < 4.78 is 10.7. The quantitative estimate of drug-likeness (QED) is 0.603. The van der Waals surface area contributed by atoms with Crippen LogP contribution in [0.5, 0.6) is 5.75 Å². The SMILES string of the molecule is Cn1ncc(Br)c1CNC(=O)c1ccn(COc2ccc(Br)cc2)n1. The van der Waals surface area contributed by atoms with Crippen molar-refractivity contribution in [3.8, 4) is 5.75 Å². The Balaban J connectivity index is 1.55. The lowest BCUT2D eigenvalue weighted by Gasteiger charge is -2.06. The van der Waals surface area contributed by atoms with Gasteiger partial charge in [0.05, 0.1) is 22.9 Å². The monoisotopic (exact) mass is 467 g/mol. The first kappa shape index (κ1) is 17.7. The second kappa shape index (κ2) is 7.83. The number of hydrogen-bond acceptors (Lipinski definition) is 4. The second-order valence-corrected chi connectivity index (χ2v) is 6.98. The van der Waals surface area contributed by atoms with Crippen LogP contribution in [0.2, 0.25) is 0 Å². The molecule has 7 nitrogen and oxygen atoms in total. The molecule has 9 heteroatoms. The third-order valence-electron chi connectivity index (χ3n) is 3.48. The van der Waals surface area contributed by atoms with Gasteiger partial charge in [-0.2, -0.15) is 10.2 Å². The first-order chi connectivity index (χ1) is 12.0. The number of aromatic nitrogens is 4. The molecule has 25 heavy (non-hydrogen) atoms. The molecule has 0 saturated carbocycles. The maximum absolute atomic E-state index is 12.2. The lowest BCUT2D eigenvalue weighted by atomic mass is 10.3. The van der Waals surface area contributed by atoms with Crippen molar-refractivity contribution < 1.29 is 9.53 Å². The molecule has 0 bridgehead atoms. The molecule has 0 aliphatic rings. The number of rotatable bonds is 6. The predicted octanol–water partition coefficient (Wildman–Crippen LogP) is 3.11. The van der Waals surface area contributed by atoms with E-state index in [9.17, 15) is 4.79 Å². The molecule has 0 saturated heterocycles. The fourth-order valence-electron chi connectivity index (χ4n) is 2.12. The number of nitrogens with zero attached hydrogens (tertiary/aromatic N) is 4. The Morgan fingerprint density at radius 2 is 2.00 bits per heavy atom. The summed E-state index contributed by atoms with van der Waals surface area (Å²) in [5.41, 5.74) is 1.21. The molecule has 2 aromatic heterocycles. The van der Waals surface area contributed by atoms with Crippen LogP contribution in [0.15, 0.2) is 51.7 Å². The molecular formula is C16H15Br2N5O2. The van der Waals surface area contributed by atoms with Gasteiger partial charge in [0.25, 0.3) is 5.91 Å². The Morgan fingerprint density at radius 3 is 2.68 bits per heavy atom. The Hall–Kier alpha value is -2.13. The van der Waals surface area contributed by atoms with Crippen molar-refractivity contribution in [1.29, 1.82) is 0 Å². The Labute approximate surface area is 161 Å². The van der Waals surface area contributed by atoms with E-state index in [4.69, 9.17) is 4.74 Å². The number of ether oxygens (including phenoxy) is 1. The Morgan fingerprint density at radius 1 is 1.24 bits per heavy atom. The predicted molar refractivity (Wildman–Crippen MR) is 99.1 cm³/mol. The molecule has 0 unspecified atom stereocenters. The fourth-order valence-corrected chi connectivity index (χ4v) is 2.87. The molecule has 0 spiro atoms. The molecule has 130 valence electrons. The van der Waals surface area contributed by atoms with Gasteiger partial charge in [0.15, 0.2) is 6.73 Å². The van der Waals surface area contributed by atoms with Crippen LogP contribution in [0.1, 0.15) is 16.2 Å². The third-order valence-corrected chi connectivity index (χ3v) is 4.67. The van der Waals surface area contributed by atoms with Crippen LogP contribution in [0.25, 0.3) is 0 Å². The van der Waals surface area contributed by atoms with Crippen molar-refractivity contribution in [3.63, 3.8) is 0 Å². The molecule has 0 aliphatic carbocycles. The van der Waals surface area contributed by atoms with Gasteiger partial charge in [-0.3, -0.25) is 9.48 Å². The van der Waals surface area contributed by atoms with E-state index in [1.165, 1.54) is 0 Å². The highest BCUT2D eigenvalue weighted by Gasteiger charge is 2.12. The highest BCUT2D eigenvalue weighted by Crippen LogP contribution is 2.16. The molecule has 3 rings (SSSR count). The molecular weight excluding hydrogens is 454 g/mol. The van der Waals surface area contributed by atoms with Gasteiger partial charge in [-0.15, -0.1) is 0 Å². The molecule has 1 N–H and O–H groups in total. The molecule has 1 aromatic carbocycles. The molecule has 1 amide bonds. The second-order valence-electron chi connectivity index (χ2n) is 5.21. The van der Waals surface area contributed by atoms with E-state index >= 15 is 0 Å². The first-order valence-corrected chi connectivity index (χ1v) is 8.98. The number of halogens is 2. The van der Waals surface area contributed by atoms with Crippen LogP contribution in [0, 0.1) is 0 Å². The topological polar surface area (TPSA) is 74.0 Å². The van der Waals surface area contributed by atoms with Crippen LogP contribution in [-0.2, 0) is 20.3 Å². The van der Waals surface area contributed by atoms with Crippen molar-refractivity contribution in [1.82, 2.24) is 24.9 Å². The van der Waals surface area contributed by atoms with Crippen LogP contribution in [0.3, 0.4) is 0 Å². The van der Waals surface area contributed by atoms with Crippen molar-refractivity contribution in [2.75, 3.05) is 0 Å². The van der Waals surface area contributed by atoms with E-state index < -0.39 is 0 Å². The number of carbonyl (C=O) groups excluding carboxylic acids is 1. The van der Waals surface area contributed by atoms with E-state index in [0.29, 0.717) is 12.2 Å². The summed E-state index contributed by atoms with van der Waals surface area (Å²) in [4.78, 5) is 12.2. The van der Waals surface area contributed by atoms with Crippen LogP contribution >= 0.6 is 31.9 Å². The summed E-state index contributed by atoms with van der Waals surface area (Å²) in [5, 5.41) is 11.2. The summed E-state index contributed by atoms with van der Waals surface area (Å²) in [5.74, 6) is 0.473. The maximum atomic E-state index is 12.2. The van der Waals surface area contributed by atoms with Crippen molar-refractivity contribution in [3.05, 3.63) is 63.1 Å². The summed E-state index contributed by atoms with van der Waals surface area (Å²) in [7, 11) is 1.82. The minimum Gasteiger partial charge on any atom is -0.471 e. The van der Waals surface area contributed by atoms with E-state index in [2.05, 4.69) is 47.4 Å². The molecule has 0 atom stereocenters. The van der Waals surface area contributed by atoms with E-state index in [1.54, 1.807) is 27.8 Å². The smallest absolute Gasteiger partial charge is 0.272 e. The number of benzene rings is 1.